The number of rotatable bonds is 6. The molecule has 1 atom stereocenters. The summed E-state index contributed by atoms with van der Waals surface area (Å²) < 4.78 is 5.30. The average Bonchev–Trinajstić information content (AvgIpc) is 1.98. The Morgan fingerprint density at radius 2 is 2.10 bits per heavy atom. The standard InChI is InChI=1S/C8H19NO/c1-4-8(6-9-3)7-10-5-2/h8-9H,4-7H2,1-3H3. The summed E-state index contributed by atoms with van der Waals surface area (Å²) in [6.07, 6.45) is 1.20. The van der Waals surface area contributed by atoms with Crippen LogP contribution >= 0.6 is 0 Å². The second-order valence-corrected chi connectivity index (χ2v) is 2.49. The fraction of sp³-hybridized carbons (Fsp3) is 1.00. The molecule has 0 aromatic heterocycles. The number of nitrogens with one attached hydrogen (secondary N) is 1. The summed E-state index contributed by atoms with van der Waals surface area (Å²) in [5.74, 6) is 0.685. The van der Waals surface area contributed by atoms with Crippen LogP contribution < -0.4 is 5.32 Å². The Kier molecular flexibility index (Phi) is 6.98. The van der Waals surface area contributed by atoms with E-state index in [9.17, 15) is 0 Å². The Morgan fingerprint density at radius 1 is 1.40 bits per heavy atom. The average molecular weight is 145 g/mol. The van der Waals surface area contributed by atoms with Crippen molar-refractivity contribution in [1.82, 2.24) is 5.32 Å². The Bertz CT molecular complexity index is 66.3. The molecule has 0 saturated carbocycles. The second kappa shape index (κ2) is 7.03. The van der Waals surface area contributed by atoms with E-state index in [4.69, 9.17) is 4.74 Å². The molecule has 0 fully saturated rings. The van der Waals surface area contributed by atoms with Gasteiger partial charge in [-0.25, -0.2) is 0 Å². The monoisotopic (exact) mass is 145 g/mol. The topological polar surface area (TPSA) is 21.3 Å². The highest BCUT2D eigenvalue weighted by molar-refractivity contribution is 4.56. The van der Waals surface area contributed by atoms with Gasteiger partial charge in [0.2, 0.25) is 0 Å². The maximum absolute atomic E-state index is 5.30. The minimum atomic E-state index is 0.685. The van der Waals surface area contributed by atoms with Crippen molar-refractivity contribution in [2.24, 2.45) is 5.92 Å². The minimum Gasteiger partial charge on any atom is -0.381 e. The fourth-order valence-electron chi connectivity index (χ4n) is 0.894. The van der Waals surface area contributed by atoms with E-state index in [1.807, 2.05) is 14.0 Å². The molecule has 0 aliphatic rings. The highest BCUT2D eigenvalue weighted by Gasteiger charge is 2.02. The van der Waals surface area contributed by atoms with Crippen molar-refractivity contribution in [2.45, 2.75) is 20.3 Å². The van der Waals surface area contributed by atoms with Crippen LogP contribution in [0.25, 0.3) is 0 Å². The van der Waals surface area contributed by atoms with E-state index < -0.39 is 0 Å². The van der Waals surface area contributed by atoms with E-state index in [0.717, 1.165) is 19.8 Å². The van der Waals surface area contributed by atoms with Crippen LogP contribution in [-0.4, -0.2) is 26.8 Å². The van der Waals surface area contributed by atoms with Crippen LogP contribution in [0.15, 0.2) is 0 Å². The van der Waals surface area contributed by atoms with Crippen LogP contribution in [0.5, 0.6) is 0 Å². The molecule has 0 aliphatic carbocycles. The number of hydrogen-bond acceptors (Lipinski definition) is 2. The maximum Gasteiger partial charge on any atom is 0.0506 e. The lowest BCUT2D eigenvalue weighted by atomic mass is 10.1. The Hall–Kier alpha value is -0.0800. The van der Waals surface area contributed by atoms with Crippen molar-refractivity contribution in [1.29, 1.82) is 0 Å². The van der Waals surface area contributed by atoms with Crippen LogP contribution in [0.2, 0.25) is 0 Å². The van der Waals surface area contributed by atoms with Crippen molar-refractivity contribution >= 4 is 0 Å². The third-order valence-corrected chi connectivity index (χ3v) is 1.63. The first-order valence-corrected chi connectivity index (χ1v) is 4.07. The lowest BCUT2D eigenvalue weighted by molar-refractivity contribution is 0.109. The van der Waals surface area contributed by atoms with Gasteiger partial charge in [-0.15, -0.1) is 0 Å². The molecule has 0 aliphatic heterocycles. The van der Waals surface area contributed by atoms with Gasteiger partial charge in [0.25, 0.3) is 0 Å². The van der Waals surface area contributed by atoms with E-state index in [1.165, 1.54) is 6.42 Å². The van der Waals surface area contributed by atoms with E-state index in [0.29, 0.717) is 5.92 Å². The molecular formula is C8H19NO. The molecule has 0 radical (unpaired) electrons. The third kappa shape index (κ3) is 4.77. The van der Waals surface area contributed by atoms with Gasteiger partial charge in [-0.2, -0.15) is 0 Å². The summed E-state index contributed by atoms with van der Waals surface area (Å²) in [7, 11) is 1.98. The van der Waals surface area contributed by atoms with Gasteiger partial charge >= 0.3 is 0 Å². The Morgan fingerprint density at radius 3 is 2.50 bits per heavy atom. The lowest BCUT2D eigenvalue weighted by Crippen LogP contribution is -2.22. The lowest BCUT2D eigenvalue weighted by Gasteiger charge is -2.12. The van der Waals surface area contributed by atoms with Crippen LogP contribution in [0, 0.1) is 5.92 Å². The van der Waals surface area contributed by atoms with Crippen molar-refractivity contribution in [2.75, 3.05) is 26.8 Å². The largest absolute Gasteiger partial charge is 0.381 e. The van der Waals surface area contributed by atoms with Gasteiger partial charge in [-0.05, 0) is 32.9 Å². The normalized spacial score (nSPS) is 13.5. The summed E-state index contributed by atoms with van der Waals surface area (Å²) >= 11 is 0. The Balaban J connectivity index is 3.21. The van der Waals surface area contributed by atoms with Gasteiger partial charge in [-0.1, -0.05) is 6.92 Å². The van der Waals surface area contributed by atoms with Crippen LogP contribution in [0.3, 0.4) is 0 Å². The van der Waals surface area contributed by atoms with Crippen molar-refractivity contribution in [3.05, 3.63) is 0 Å². The van der Waals surface area contributed by atoms with E-state index in [2.05, 4.69) is 12.2 Å². The van der Waals surface area contributed by atoms with E-state index in [1.54, 1.807) is 0 Å². The first-order chi connectivity index (χ1) is 4.85. The summed E-state index contributed by atoms with van der Waals surface area (Å²) in [5.41, 5.74) is 0. The SMILES string of the molecule is CCOCC(CC)CNC. The molecule has 0 rings (SSSR count). The zero-order valence-electron chi connectivity index (χ0n) is 7.31. The molecular weight excluding hydrogens is 126 g/mol. The van der Waals surface area contributed by atoms with Crippen molar-refractivity contribution < 1.29 is 4.74 Å². The van der Waals surface area contributed by atoms with Gasteiger partial charge in [-0.3, -0.25) is 0 Å². The predicted octanol–water partition coefficient (Wildman–Crippen LogP) is 1.27. The smallest absolute Gasteiger partial charge is 0.0506 e. The molecule has 0 amide bonds. The first kappa shape index (κ1) is 9.92. The molecule has 0 spiro atoms. The second-order valence-electron chi connectivity index (χ2n) is 2.49. The van der Waals surface area contributed by atoms with Gasteiger partial charge in [0, 0.05) is 6.61 Å². The van der Waals surface area contributed by atoms with Gasteiger partial charge in [0.1, 0.15) is 0 Å². The molecule has 0 saturated heterocycles. The molecule has 10 heavy (non-hydrogen) atoms. The zero-order valence-corrected chi connectivity index (χ0v) is 7.31. The quantitative estimate of drug-likeness (QED) is 0.607. The molecule has 2 nitrogen and oxygen atoms in total. The van der Waals surface area contributed by atoms with E-state index >= 15 is 0 Å². The molecule has 62 valence electrons. The molecule has 1 unspecified atom stereocenters. The fourth-order valence-corrected chi connectivity index (χ4v) is 0.894. The molecule has 1 N–H and O–H groups in total. The summed E-state index contributed by atoms with van der Waals surface area (Å²) in [6, 6.07) is 0. The van der Waals surface area contributed by atoms with Crippen molar-refractivity contribution in [3.63, 3.8) is 0 Å². The Labute approximate surface area is 64.0 Å². The molecule has 0 bridgehead atoms. The first-order valence-electron chi connectivity index (χ1n) is 4.07. The maximum atomic E-state index is 5.30. The third-order valence-electron chi connectivity index (χ3n) is 1.63. The van der Waals surface area contributed by atoms with Crippen molar-refractivity contribution in [3.8, 4) is 0 Å². The predicted molar refractivity (Wildman–Crippen MR) is 44.2 cm³/mol. The molecule has 0 aromatic carbocycles. The van der Waals surface area contributed by atoms with Crippen LogP contribution in [0.4, 0.5) is 0 Å². The summed E-state index contributed by atoms with van der Waals surface area (Å²) in [4.78, 5) is 0. The minimum absolute atomic E-state index is 0.685. The molecule has 2 heteroatoms. The highest BCUT2D eigenvalue weighted by atomic mass is 16.5. The van der Waals surface area contributed by atoms with E-state index in [-0.39, 0.29) is 0 Å². The van der Waals surface area contributed by atoms with Gasteiger partial charge in [0.05, 0.1) is 6.61 Å². The number of hydrogen-bond donors (Lipinski definition) is 1. The zero-order chi connectivity index (χ0) is 7.82. The van der Waals surface area contributed by atoms with Gasteiger partial charge in [0.15, 0.2) is 0 Å². The molecule has 0 heterocycles. The molecule has 0 aromatic rings. The van der Waals surface area contributed by atoms with Crippen LogP contribution in [-0.2, 0) is 4.74 Å². The number of ether oxygens (including phenoxy) is 1. The highest BCUT2D eigenvalue weighted by Crippen LogP contribution is 2.00. The van der Waals surface area contributed by atoms with Gasteiger partial charge < -0.3 is 10.1 Å². The summed E-state index contributed by atoms with van der Waals surface area (Å²) in [6.45, 7) is 7.03. The summed E-state index contributed by atoms with van der Waals surface area (Å²) in [5, 5.41) is 3.15. The van der Waals surface area contributed by atoms with Crippen LogP contribution in [0.1, 0.15) is 20.3 Å².